The normalized spacial score (nSPS) is 22.1. The van der Waals surface area contributed by atoms with Gasteiger partial charge in [0.15, 0.2) is 0 Å². The highest BCUT2D eigenvalue weighted by molar-refractivity contribution is 5.86. The second-order valence-electron chi connectivity index (χ2n) is 8.34. The summed E-state index contributed by atoms with van der Waals surface area (Å²) in [6.07, 6.45) is 3.99. The number of nitrogens with zero attached hydrogens (tertiary/aromatic N) is 3. The summed E-state index contributed by atoms with van der Waals surface area (Å²) in [5.74, 6) is 1.12. The molecule has 1 saturated carbocycles. The van der Waals surface area contributed by atoms with Crippen molar-refractivity contribution < 1.29 is 14.1 Å². The lowest BCUT2D eigenvalue weighted by Crippen LogP contribution is -2.54. The number of amides is 2. The molecular formula is C22H27N3O3. The minimum atomic E-state index is -0.653. The number of benzene rings is 1. The molecular weight excluding hydrogens is 354 g/mol. The highest BCUT2D eigenvalue weighted by Crippen LogP contribution is 2.39. The van der Waals surface area contributed by atoms with Gasteiger partial charge in [0.25, 0.3) is 0 Å². The first-order chi connectivity index (χ1) is 13.5. The van der Waals surface area contributed by atoms with E-state index in [-0.39, 0.29) is 17.7 Å². The first-order valence-electron chi connectivity index (χ1n) is 10.0. The van der Waals surface area contributed by atoms with Gasteiger partial charge in [-0.1, -0.05) is 35.5 Å². The fourth-order valence-electron chi connectivity index (χ4n) is 4.25. The molecule has 2 aromatic rings. The third kappa shape index (κ3) is 3.68. The molecule has 0 N–H and O–H groups in total. The van der Waals surface area contributed by atoms with E-state index in [9.17, 15) is 9.59 Å². The number of aromatic nitrogens is 1. The number of hydrogen-bond donors (Lipinski definition) is 0. The molecule has 0 spiro atoms. The van der Waals surface area contributed by atoms with E-state index < -0.39 is 5.41 Å². The molecule has 1 saturated heterocycles. The Bertz CT molecular complexity index is 857. The topological polar surface area (TPSA) is 66.7 Å². The molecule has 6 heteroatoms. The number of carbonyl (C=O) groups excluding carboxylic acids is 2. The van der Waals surface area contributed by atoms with Crippen LogP contribution in [0.25, 0.3) is 11.3 Å². The van der Waals surface area contributed by atoms with Crippen molar-refractivity contribution >= 4 is 11.8 Å². The summed E-state index contributed by atoms with van der Waals surface area (Å²) in [7, 11) is 3.56. The lowest BCUT2D eigenvalue weighted by Gasteiger charge is -2.42. The second-order valence-corrected chi connectivity index (χ2v) is 8.34. The first kappa shape index (κ1) is 18.7. The van der Waals surface area contributed by atoms with E-state index in [1.165, 1.54) is 0 Å². The Kier molecular flexibility index (Phi) is 4.96. The predicted molar refractivity (Wildman–Crippen MR) is 105 cm³/mol. The van der Waals surface area contributed by atoms with Crippen molar-refractivity contribution in [1.82, 2.24) is 15.0 Å². The molecule has 0 radical (unpaired) electrons. The van der Waals surface area contributed by atoms with Gasteiger partial charge in [-0.15, -0.1) is 0 Å². The lowest BCUT2D eigenvalue weighted by atomic mass is 9.75. The van der Waals surface area contributed by atoms with Crippen LogP contribution in [-0.2, 0) is 16.0 Å². The van der Waals surface area contributed by atoms with Gasteiger partial charge < -0.3 is 14.3 Å². The van der Waals surface area contributed by atoms with Gasteiger partial charge in [-0.2, -0.15) is 0 Å². The maximum atomic E-state index is 13.2. The summed E-state index contributed by atoms with van der Waals surface area (Å²) in [5.41, 5.74) is 1.10. The van der Waals surface area contributed by atoms with E-state index in [0.29, 0.717) is 18.7 Å². The smallest absolute Gasteiger partial charge is 0.230 e. The summed E-state index contributed by atoms with van der Waals surface area (Å²) >= 11 is 0. The molecule has 2 amide bonds. The Hall–Kier alpha value is -2.63. The average Bonchev–Trinajstić information content (AvgIpc) is 3.46. The third-order valence-electron chi connectivity index (χ3n) is 5.82. The van der Waals surface area contributed by atoms with Crippen molar-refractivity contribution in [3.05, 3.63) is 42.2 Å². The zero-order valence-electron chi connectivity index (χ0n) is 16.6. The van der Waals surface area contributed by atoms with Gasteiger partial charge in [0.2, 0.25) is 11.8 Å². The highest BCUT2D eigenvalue weighted by Gasteiger charge is 2.47. The summed E-state index contributed by atoms with van der Waals surface area (Å²) in [6, 6.07) is 11.8. The summed E-state index contributed by atoms with van der Waals surface area (Å²) in [6.45, 7) is 1.20. The van der Waals surface area contributed by atoms with Crippen molar-refractivity contribution in [3.63, 3.8) is 0 Å². The zero-order valence-corrected chi connectivity index (χ0v) is 16.6. The monoisotopic (exact) mass is 381 g/mol. The minimum absolute atomic E-state index is 0.0541. The summed E-state index contributed by atoms with van der Waals surface area (Å²) < 4.78 is 5.61. The first-order valence-corrected chi connectivity index (χ1v) is 10.0. The Morgan fingerprint density at radius 2 is 2.00 bits per heavy atom. The molecule has 2 aliphatic rings. The molecule has 1 aromatic carbocycles. The number of likely N-dealkylation sites (tertiary alicyclic amines) is 1. The number of hydrogen-bond acceptors (Lipinski definition) is 4. The van der Waals surface area contributed by atoms with E-state index in [4.69, 9.17) is 4.52 Å². The van der Waals surface area contributed by atoms with Crippen molar-refractivity contribution in [3.8, 4) is 11.3 Å². The van der Waals surface area contributed by atoms with Gasteiger partial charge in [-0.25, -0.2) is 0 Å². The Balaban J connectivity index is 1.59. The molecule has 0 unspecified atom stereocenters. The van der Waals surface area contributed by atoms with E-state index in [1.807, 2.05) is 41.3 Å². The van der Waals surface area contributed by atoms with Crippen LogP contribution in [-0.4, -0.2) is 54.0 Å². The molecule has 0 bridgehead atoms. The molecule has 1 aromatic heterocycles. The van der Waals surface area contributed by atoms with E-state index >= 15 is 0 Å². The van der Waals surface area contributed by atoms with Gasteiger partial charge in [-0.3, -0.25) is 9.59 Å². The van der Waals surface area contributed by atoms with E-state index in [2.05, 4.69) is 5.16 Å². The molecule has 148 valence electrons. The maximum Gasteiger partial charge on any atom is 0.230 e. The molecule has 6 nitrogen and oxygen atoms in total. The van der Waals surface area contributed by atoms with Crippen LogP contribution in [0.2, 0.25) is 0 Å². The summed E-state index contributed by atoms with van der Waals surface area (Å²) in [5, 5.41) is 4.20. The third-order valence-corrected chi connectivity index (χ3v) is 5.82. The molecule has 2 fully saturated rings. The van der Waals surface area contributed by atoms with E-state index in [1.54, 1.807) is 19.0 Å². The SMILES string of the molecule is CN(C)C(=O)[C@]1(Cc2cc(-c3ccccc3)no2)CCCN(C(=O)C2CC2)C1. The zero-order chi connectivity index (χ0) is 19.7. The predicted octanol–water partition coefficient (Wildman–Crippen LogP) is 2.99. The van der Waals surface area contributed by atoms with E-state index in [0.717, 1.165) is 43.5 Å². The van der Waals surface area contributed by atoms with Crippen LogP contribution in [0.15, 0.2) is 40.9 Å². The molecule has 4 rings (SSSR count). The highest BCUT2D eigenvalue weighted by atomic mass is 16.5. The fourth-order valence-corrected chi connectivity index (χ4v) is 4.25. The molecule has 28 heavy (non-hydrogen) atoms. The van der Waals surface area contributed by atoms with Crippen LogP contribution in [0, 0.1) is 11.3 Å². The molecule has 1 atom stereocenters. The number of piperidine rings is 1. The van der Waals surface area contributed by atoms with Gasteiger partial charge in [0.05, 0.1) is 5.41 Å². The van der Waals surface area contributed by atoms with Crippen LogP contribution in [0.1, 0.15) is 31.4 Å². The fraction of sp³-hybridized carbons (Fsp3) is 0.500. The lowest BCUT2D eigenvalue weighted by molar-refractivity contribution is -0.148. The van der Waals surface area contributed by atoms with Crippen molar-refractivity contribution in [2.24, 2.45) is 11.3 Å². The van der Waals surface area contributed by atoms with Crippen LogP contribution in [0.4, 0.5) is 0 Å². The average molecular weight is 381 g/mol. The second kappa shape index (κ2) is 7.41. The standard InChI is InChI=1S/C22H27N3O3/c1-24(2)21(27)22(11-6-12-25(15-22)20(26)17-9-10-17)14-18-13-19(23-28-18)16-7-4-3-5-8-16/h3-5,7-8,13,17H,6,9-12,14-15H2,1-2H3/t22-/m0/s1. The van der Waals surface area contributed by atoms with Crippen molar-refractivity contribution in [1.29, 1.82) is 0 Å². The Morgan fingerprint density at radius 3 is 2.68 bits per heavy atom. The van der Waals surface area contributed by atoms with Gasteiger partial charge >= 0.3 is 0 Å². The van der Waals surface area contributed by atoms with Crippen LogP contribution in [0.5, 0.6) is 0 Å². The molecule has 2 heterocycles. The maximum absolute atomic E-state index is 13.2. The van der Waals surface area contributed by atoms with Crippen molar-refractivity contribution in [2.45, 2.75) is 32.1 Å². The van der Waals surface area contributed by atoms with Crippen LogP contribution >= 0.6 is 0 Å². The van der Waals surface area contributed by atoms with Gasteiger partial charge in [0.1, 0.15) is 11.5 Å². The minimum Gasteiger partial charge on any atom is -0.361 e. The number of rotatable bonds is 5. The van der Waals surface area contributed by atoms with Crippen LogP contribution < -0.4 is 0 Å². The molecule has 1 aliphatic carbocycles. The Morgan fingerprint density at radius 1 is 1.25 bits per heavy atom. The van der Waals surface area contributed by atoms with Crippen LogP contribution in [0.3, 0.4) is 0 Å². The van der Waals surface area contributed by atoms with Gasteiger partial charge in [0, 0.05) is 51.2 Å². The molecule has 1 aliphatic heterocycles. The Labute approximate surface area is 165 Å². The van der Waals surface area contributed by atoms with Crippen molar-refractivity contribution in [2.75, 3.05) is 27.2 Å². The number of carbonyl (C=O) groups is 2. The van der Waals surface area contributed by atoms with Gasteiger partial charge in [-0.05, 0) is 25.7 Å². The largest absolute Gasteiger partial charge is 0.361 e. The quantitative estimate of drug-likeness (QED) is 0.799. The summed E-state index contributed by atoms with van der Waals surface area (Å²) in [4.78, 5) is 29.4.